The smallest absolute Gasteiger partial charge is 0.271 e. The molecule has 0 saturated heterocycles. The maximum absolute atomic E-state index is 14.2. The molecule has 0 fully saturated rings. The van der Waals surface area contributed by atoms with Crippen molar-refractivity contribution in [3.63, 3.8) is 0 Å². The van der Waals surface area contributed by atoms with Crippen LogP contribution in [0.15, 0.2) is 100 Å². The topological polar surface area (TPSA) is 103 Å². The number of para-hydroxylation sites is 1. The fourth-order valence-electron chi connectivity index (χ4n) is 5.82. The summed E-state index contributed by atoms with van der Waals surface area (Å²) >= 11 is 7.51. The lowest BCUT2D eigenvalue weighted by molar-refractivity contribution is -0.384. The van der Waals surface area contributed by atoms with E-state index in [1.807, 2.05) is 69.4 Å². The summed E-state index contributed by atoms with van der Waals surface area (Å²) in [4.78, 5) is 45.8. The maximum atomic E-state index is 14.2. The Morgan fingerprint density at radius 3 is 2.42 bits per heavy atom. The minimum atomic E-state index is -0.655. The number of nitrogens with zero attached hydrogens (tertiary/aromatic N) is 5. The summed E-state index contributed by atoms with van der Waals surface area (Å²) in [6.45, 7) is 7.26. The second kappa shape index (κ2) is 12.3. The second-order valence-electron chi connectivity index (χ2n) is 10.8. The van der Waals surface area contributed by atoms with E-state index in [9.17, 15) is 19.7 Å². The third-order valence-electron chi connectivity index (χ3n) is 8.09. The van der Waals surface area contributed by atoms with E-state index in [4.69, 9.17) is 16.6 Å². The van der Waals surface area contributed by atoms with Crippen LogP contribution >= 0.6 is 22.9 Å². The number of non-ortho nitro benzene ring substituents is 1. The van der Waals surface area contributed by atoms with E-state index in [1.165, 1.54) is 23.5 Å². The summed E-state index contributed by atoms with van der Waals surface area (Å²) in [5.41, 5.74) is 4.38. The highest BCUT2D eigenvalue weighted by Gasteiger charge is 2.34. The zero-order chi connectivity index (χ0) is 31.8. The van der Waals surface area contributed by atoms with E-state index in [0.717, 1.165) is 27.6 Å². The molecule has 9 nitrogen and oxygen atoms in total. The minimum Gasteiger partial charge on any atom is -0.342 e. The number of carbonyl (C=O) groups excluding carboxylic acids is 1. The number of hydrogen-bond acceptors (Lipinski definition) is 6. The number of benzene rings is 3. The number of thiazole rings is 1. The molecule has 6 rings (SSSR count). The Bertz CT molecular complexity index is 2160. The average molecular weight is 640 g/mol. The molecule has 228 valence electrons. The van der Waals surface area contributed by atoms with E-state index < -0.39 is 11.0 Å². The monoisotopic (exact) mass is 639 g/mol. The summed E-state index contributed by atoms with van der Waals surface area (Å²) in [5.74, 6) is -0.148. The Morgan fingerprint density at radius 2 is 1.76 bits per heavy atom. The number of rotatable bonds is 8. The van der Waals surface area contributed by atoms with Crippen LogP contribution in [0, 0.1) is 10.1 Å². The number of hydrogen-bond donors (Lipinski definition) is 0. The predicted octanol–water partition coefficient (Wildman–Crippen LogP) is 5.67. The number of amides is 1. The molecule has 3 aromatic carbocycles. The molecule has 0 unspecified atom stereocenters. The van der Waals surface area contributed by atoms with Crippen molar-refractivity contribution in [3.05, 3.63) is 142 Å². The number of nitro groups is 1. The molecular weight excluding hydrogens is 610 g/mol. The Kier molecular flexibility index (Phi) is 8.26. The van der Waals surface area contributed by atoms with Gasteiger partial charge in [-0.1, -0.05) is 65.4 Å². The summed E-state index contributed by atoms with van der Waals surface area (Å²) in [5, 5.41) is 12.6. The lowest BCUT2D eigenvalue weighted by Crippen LogP contribution is -2.43. The van der Waals surface area contributed by atoms with Gasteiger partial charge < -0.3 is 9.47 Å². The standard InChI is InChI=1S/C34H30ClN5O4S/c1-4-37(5-2)33(42)30-21(3)36-34-39(31(30)23-12-14-25(35)15-13-23)32(41)29(45-34)18-24-20-38(28-9-7-6-8-27(24)28)19-22-10-16-26(17-11-22)40(43)44/h6-18,20,31H,4-5,19H2,1-3H3/b29-18+/t31-/m0/s1. The van der Waals surface area contributed by atoms with Gasteiger partial charge >= 0.3 is 0 Å². The van der Waals surface area contributed by atoms with Crippen molar-refractivity contribution in [2.45, 2.75) is 33.4 Å². The molecule has 45 heavy (non-hydrogen) atoms. The van der Waals surface area contributed by atoms with Crippen molar-refractivity contribution >= 4 is 51.5 Å². The van der Waals surface area contributed by atoms with Crippen molar-refractivity contribution in [1.82, 2.24) is 14.0 Å². The Balaban J connectivity index is 1.48. The minimum absolute atomic E-state index is 0.0428. The fourth-order valence-corrected chi connectivity index (χ4v) is 6.98. The number of fused-ring (bicyclic) bond motifs is 2. The lowest BCUT2D eigenvalue weighted by Gasteiger charge is -2.29. The molecule has 2 aromatic heterocycles. The van der Waals surface area contributed by atoms with Crippen molar-refractivity contribution in [2.24, 2.45) is 4.99 Å². The first-order valence-corrected chi connectivity index (χ1v) is 15.8. The molecule has 0 spiro atoms. The molecule has 1 aliphatic rings. The van der Waals surface area contributed by atoms with Crippen LogP contribution in [0.2, 0.25) is 5.02 Å². The van der Waals surface area contributed by atoms with Gasteiger partial charge in [-0.05, 0) is 56.2 Å². The highest BCUT2D eigenvalue weighted by Crippen LogP contribution is 2.32. The van der Waals surface area contributed by atoms with Gasteiger partial charge in [-0.3, -0.25) is 24.3 Å². The Morgan fingerprint density at radius 1 is 1.07 bits per heavy atom. The van der Waals surface area contributed by atoms with Crippen LogP contribution in [-0.2, 0) is 11.3 Å². The SMILES string of the molecule is CCN(CC)C(=O)C1=C(C)N=c2s/c(=C/c3cn(Cc4ccc([N+](=O)[O-])cc4)c4ccccc34)c(=O)n2[C@H]1c1ccc(Cl)cc1. The summed E-state index contributed by atoms with van der Waals surface area (Å²) < 4.78 is 4.19. The number of aromatic nitrogens is 2. The van der Waals surface area contributed by atoms with Crippen LogP contribution in [0.3, 0.4) is 0 Å². The first kappa shape index (κ1) is 30.2. The number of carbonyl (C=O) groups is 1. The van der Waals surface area contributed by atoms with E-state index in [0.29, 0.717) is 45.3 Å². The van der Waals surface area contributed by atoms with Crippen molar-refractivity contribution in [2.75, 3.05) is 13.1 Å². The second-order valence-corrected chi connectivity index (χ2v) is 12.2. The Hall–Kier alpha value is -4.80. The van der Waals surface area contributed by atoms with Crippen LogP contribution in [0.5, 0.6) is 0 Å². The van der Waals surface area contributed by atoms with Gasteiger partial charge in [0.1, 0.15) is 0 Å². The van der Waals surface area contributed by atoms with E-state index in [-0.39, 0.29) is 17.2 Å². The molecule has 5 aromatic rings. The van der Waals surface area contributed by atoms with Crippen LogP contribution in [-0.4, -0.2) is 38.0 Å². The highest BCUT2D eigenvalue weighted by atomic mass is 35.5. The molecule has 1 atom stereocenters. The summed E-state index contributed by atoms with van der Waals surface area (Å²) in [6.07, 6.45) is 3.87. The van der Waals surface area contributed by atoms with E-state index >= 15 is 0 Å². The molecule has 1 aliphatic heterocycles. The van der Waals surface area contributed by atoms with Crippen LogP contribution in [0.4, 0.5) is 5.69 Å². The first-order valence-electron chi connectivity index (χ1n) is 14.6. The predicted molar refractivity (Wildman–Crippen MR) is 177 cm³/mol. The normalized spacial score (nSPS) is 14.8. The van der Waals surface area contributed by atoms with Crippen LogP contribution in [0.1, 0.15) is 43.5 Å². The molecule has 0 aliphatic carbocycles. The first-order chi connectivity index (χ1) is 21.7. The molecule has 0 radical (unpaired) electrons. The van der Waals surface area contributed by atoms with Gasteiger partial charge in [0.15, 0.2) is 4.80 Å². The lowest BCUT2D eigenvalue weighted by atomic mass is 9.94. The number of nitro benzene ring substituents is 1. The van der Waals surface area contributed by atoms with E-state index in [1.54, 1.807) is 33.7 Å². The van der Waals surface area contributed by atoms with Crippen molar-refractivity contribution in [1.29, 1.82) is 0 Å². The van der Waals surface area contributed by atoms with Gasteiger partial charge in [0.2, 0.25) is 0 Å². The van der Waals surface area contributed by atoms with Gasteiger partial charge in [0, 0.05) is 59.5 Å². The van der Waals surface area contributed by atoms with Gasteiger partial charge in [0.25, 0.3) is 17.2 Å². The summed E-state index contributed by atoms with van der Waals surface area (Å²) in [6, 6.07) is 21.0. The van der Waals surface area contributed by atoms with Crippen LogP contribution in [0.25, 0.3) is 17.0 Å². The Labute approximate surface area is 267 Å². The quantitative estimate of drug-likeness (QED) is 0.161. The third kappa shape index (κ3) is 5.63. The van der Waals surface area contributed by atoms with Crippen LogP contribution < -0.4 is 14.9 Å². The van der Waals surface area contributed by atoms with E-state index in [2.05, 4.69) is 4.57 Å². The number of likely N-dealkylation sites (N-methyl/N-ethyl adjacent to an activating group) is 1. The number of allylic oxidation sites excluding steroid dienone is 1. The molecule has 0 N–H and O–H groups in total. The molecule has 0 saturated carbocycles. The molecule has 0 bridgehead atoms. The van der Waals surface area contributed by atoms with Gasteiger partial charge in [0.05, 0.1) is 26.8 Å². The summed E-state index contributed by atoms with van der Waals surface area (Å²) in [7, 11) is 0. The number of halogens is 1. The van der Waals surface area contributed by atoms with Gasteiger partial charge in [-0.15, -0.1) is 0 Å². The maximum Gasteiger partial charge on any atom is 0.271 e. The van der Waals surface area contributed by atoms with Crippen molar-refractivity contribution < 1.29 is 9.72 Å². The molecule has 1 amide bonds. The zero-order valence-corrected chi connectivity index (χ0v) is 26.5. The third-order valence-corrected chi connectivity index (χ3v) is 9.33. The molecule has 3 heterocycles. The fraction of sp³-hybridized carbons (Fsp3) is 0.206. The van der Waals surface area contributed by atoms with Gasteiger partial charge in [-0.2, -0.15) is 0 Å². The molecular formula is C34H30ClN5O4S. The highest BCUT2D eigenvalue weighted by molar-refractivity contribution is 7.07. The zero-order valence-electron chi connectivity index (χ0n) is 24.9. The average Bonchev–Trinajstić information content (AvgIpc) is 3.53. The largest absolute Gasteiger partial charge is 0.342 e. The van der Waals surface area contributed by atoms with Gasteiger partial charge in [-0.25, -0.2) is 4.99 Å². The molecule has 11 heteroatoms. The van der Waals surface area contributed by atoms with Crippen molar-refractivity contribution in [3.8, 4) is 0 Å².